The molecule has 0 radical (unpaired) electrons. The van der Waals surface area contributed by atoms with Gasteiger partial charge in [0, 0.05) is 38.3 Å². The standard InChI is InChI=1S/C16H21N3O5S/c20-16(17-12-1-2-12)18-5-7-19(8-6-18)25(21,22)13-3-4-14-15(11-13)24-10-9-23-14/h3-4,11-12H,1-2,5-10H2,(H,17,20). The molecule has 8 nitrogen and oxygen atoms in total. The topological polar surface area (TPSA) is 88.2 Å². The highest BCUT2D eigenvalue weighted by atomic mass is 32.2. The molecule has 9 heteroatoms. The van der Waals surface area contributed by atoms with E-state index < -0.39 is 10.0 Å². The monoisotopic (exact) mass is 367 g/mol. The highest BCUT2D eigenvalue weighted by Gasteiger charge is 2.32. The van der Waals surface area contributed by atoms with Gasteiger partial charge in [0.15, 0.2) is 11.5 Å². The minimum atomic E-state index is -3.62. The maximum absolute atomic E-state index is 12.8. The zero-order valence-electron chi connectivity index (χ0n) is 13.8. The number of carbonyl (C=O) groups excluding carboxylic acids is 1. The van der Waals surface area contributed by atoms with Crippen molar-refractivity contribution in [3.05, 3.63) is 18.2 Å². The molecule has 2 amide bonds. The van der Waals surface area contributed by atoms with Crippen molar-refractivity contribution in [3.63, 3.8) is 0 Å². The largest absolute Gasteiger partial charge is 0.486 e. The van der Waals surface area contributed by atoms with E-state index in [1.807, 2.05) is 0 Å². The van der Waals surface area contributed by atoms with Crippen LogP contribution in [0.5, 0.6) is 11.5 Å². The SMILES string of the molecule is O=C(NC1CC1)N1CCN(S(=O)(=O)c2ccc3c(c2)OCCO3)CC1. The number of nitrogens with one attached hydrogen (secondary N) is 1. The van der Waals surface area contributed by atoms with Gasteiger partial charge in [-0.15, -0.1) is 0 Å². The lowest BCUT2D eigenvalue weighted by Crippen LogP contribution is -2.53. The average Bonchev–Trinajstić information content (AvgIpc) is 3.45. The molecule has 4 rings (SSSR count). The van der Waals surface area contributed by atoms with E-state index in [9.17, 15) is 13.2 Å². The maximum Gasteiger partial charge on any atom is 0.317 e. The lowest BCUT2D eigenvalue weighted by Gasteiger charge is -2.34. The summed E-state index contributed by atoms with van der Waals surface area (Å²) >= 11 is 0. The number of benzene rings is 1. The van der Waals surface area contributed by atoms with E-state index in [1.54, 1.807) is 11.0 Å². The minimum Gasteiger partial charge on any atom is -0.486 e. The van der Waals surface area contributed by atoms with Crippen LogP contribution in [0.4, 0.5) is 4.79 Å². The molecule has 2 aliphatic heterocycles. The molecule has 1 saturated carbocycles. The number of carbonyl (C=O) groups is 1. The van der Waals surface area contributed by atoms with Gasteiger partial charge in [0.25, 0.3) is 0 Å². The zero-order valence-corrected chi connectivity index (χ0v) is 14.6. The number of urea groups is 1. The molecule has 1 aromatic carbocycles. The Morgan fingerprint density at radius 1 is 1.04 bits per heavy atom. The first-order chi connectivity index (χ1) is 12.0. The molecule has 0 aromatic heterocycles. The average molecular weight is 367 g/mol. The molecular formula is C16H21N3O5S. The molecule has 25 heavy (non-hydrogen) atoms. The number of hydrogen-bond acceptors (Lipinski definition) is 5. The molecule has 1 aliphatic carbocycles. The van der Waals surface area contributed by atoms with Crippen LogP contribution in [0.3, 0.4) is 0 Å². The number of rotatable bonds is 3. The summed E-state index contributed by atoms with van der Waals surface area (Å²) in [5, 5.41) is 2.93. The fourth-order valence-electron chi connectivity index (χ4n) is 2.96. The minimum absolute atomic E-state index is 0.0983. The molecule has 2 heterocycles. The second-order valence-electron chi connectivity index (χ2n) is 6.42. The van der Waals surface area contributed by atoms with E-state index >= 15 is 0 Å². The fourth-order valence-corrected chi connectivity index (χ4v) is 4.40. The second kappa shape index (κ2) is 6.38. The van der Waals surface area contributed by atoms with Gasteiger partial charge < -0.3 is 19.7 Å². The van der Waals surface area contributed by atoms with Crippen molar-refractivity contribution in [2.75, 3.05) is 39.4 Å². The van der Waals surface area contributed by atoms with Gasteiger partial charge in [0.1, 0.15) is 13.2 Å². The van der Waals surface area contributed by atoms with Crippen LogP contribution in [-0.2, 0) is 10.0 Å². The molecule has 0 unspecified atom stereocenters. The Labute approximate surface area is 146 Å². The number of nitrogens with zero attached hydrogens (tertiary/aromatic N) is 2. The first kappa shape index (κ1) is 16.5. The number of ether oxygens (including phenoxy) is 2. The summed E-state index contributed by atoms with van der Waals surface area (Å²) in [6.45, 7) is 2.23. The smallest absolute Gasteiger partial charge is 0.317 e. The van der Waals surface area contributed by atoms with Crippen LogP contribution in [0.2, 0.25) is 0 Å². The Morgan fingerprint density at radius 3 is 2.40 bits per heavy atom. The lowest BCUT2D eigenvalue weighted by molar-refractivity contribution is 0.170. The van der Waals surface area contributed by atoms with E-state index in [-0.39, 0.29) is 24.0 Å². The molecule has 0 atom stereocenters. The lowest BCUT2D eigenvalue weighted by atomic mass is 10.3. The molecular weight excluding hydrogens is 346 g/mol. The van der Waals surface area contributed by atoms with Crippen molar-refractivity contribution in [1.29, 1.82) is 0 Å². The number of piperazine rings is 1. The highest BCUT2D eigenvalue weighted by molar-refractivity contribution is 7.89. The molecule has 0 spiro atoms. The zero-order chi connectivity index (χ0) is 17.4. The molecule has 3 aliphatic rings. The van der Waals surface area contributed by atoms with E-state index in [2.05, 4.69) is 5.32 Å². The van der Waals surface area contributed by atoms with E-state index in [1.165, 1.54) is 16.4 Å². The second-order valence-corrected chi connectivity index (χ2v) is 8.36. The number of sulfonamides is 1. The Balaban J connectivity index is 1.43. The highest BCUT2D eigenvalue weighted by Crippen LogP contribution is 2.33. The Bertz CT molecular complexity index is 770. The van der Waals surface area contributed by atoms with Crippen molar-refractivity contribution in [2.24, 2.45) is 0 Å². The molecule has 1 N–H and O–H groups in total. The molecule has 1 saturated heterocycles. The van der Waals surface area contributed by atoms with Crippen molar-refractivity contribution >= 4 is 16.1 Å². The summed E-state index contributed by atoms with van der Waals surface area (Å²) in [7, 11) is -3.62. The first-order valence-electron chi connectivity index (χ1n) is 8.49. The summed E-state index contributed by atoms with van der Waals surface area (Å²) in [5.74, 6) is 1.02. The Kier molecular flexibility index (Phi) is 4.20. The van der Waals surface area contributed by atoms with Gasteiger partial charge in [-0.25, -0.2) is 13.2 Å². The van der Waals surface area contributed by atoms with Gasteiger partial charge in [0.2, 0.25) is 10.0 Å². The third-order valence-corrected chi connectivity index (χ3v) is 6.48. The number of fused-ring (bicyclic) bond motifs is 1. The van der Waals surface area contributed by atoms with Crippen LogP contribution >= 0.6 is 0 Å². The van der Waals surface area contributed by atoms with Gasteiger partial charge in [-0.05, 0) is 25.0 Å². The van der Waals surface area contributed by atoms with Crippen LogP contribution in [0.15, 0.2) is 23.1 Å². The van der Waals surface area contributed by atoms with E-state index in [4.69, 9.17) is 9.47 Å². The van der Waals surface area contributed by atoms with Gasteiger partial charge in [-0.1, -0.05) is 0 Å². The normalized spacial score (nSPS) is 21.0. The van der Waals surface area contributed by atoms with Gasteiger partial charge >= 0.3 is 6.03 Å². The van der Waals surface area contributed by atoms with E-state index in [0.717, 1.165) is 12.8 Å². The van der Waals surface area contributed by atoms with Gasteiger partial charge in [-0.3, -0.25) is 0 Å². The van der Waals surface area contributed by atoms with Crippen LogP contribution in [-0.4, -0.2) is 69.1 Å². The predicted molar refractivity (Wildman–Crippen MR) is 89.3 cm³/mol. The summed E-state index contributed by atoms with van der Waals surface area (Å²) in [6.07, 6.45) is 2.06. The first-order valence-corrected chi connectivity index (χ1v) is 9.93. The van der Waals surface area contributed by atoms with Gasteiger partial charge in [-0.2, -0.15) is 4.31 Å². The fraction of sp³-hybridized carbons (Fsp3) is 0.562. The third-order valence-electron chi connectivity index (χ3n) is 4.58. The van der Waals surface area contributed by atoms with Crippen LogP contribution in [0.25, 0.3) is 0 Å². The predicted octanol–water partition coefficient (Wildman–Crippen LogP) is 0.636. The van der Waals surface area contributed by atoms with E-state index in [0.29, 0.717) is 43.8 Å². The Morgan fingerprint density at radius 2 is 1.72 bits per heavy atom. The molecule has 0 bridgehead atoms. The van der Waals surface area contributed by atoms with Crippen LogP contribution in [0.1, 0.15) is 12.8 Å². The van der Waals surface area contributed by atoms with Crippen molar-refractivity contribution in [1.82, 2.24) is 14.5 Å². The molecule has 1 aromatic rings. The Hall–Kier alpha value is -2.00. The molecule has 2 fully saturated rings. The summed E-state index contributed by atoms with van der Waals surface area (Å²) in [4.78, 5) is 13.9. The van der Waals surface area contributed by atoms with Crippen LogP contribution < -0.4 is 14.8 Å². The summed E-state index contributed by atoms with van der Waals surface area (Å²) < 4.78 is 38.0. The summed E-state index contributed by atoms with van der Waals surface area (Å²) in [6, 6.07) is 4.87. The van der Waals surface area contributed by atoms with Crippen molar-refractivity contribution < 1.29 is 22.7 Å². The third kappa shape index (κ3) is 3.38. The van der Waals surface area contributed by atoms with Gasteiger partial charge in [0.05, 0.1) is 4.90 Å². The maximum atomic E-state index is 12.8. The quantitative estimate of drug-likeness (QED) is 0.847. The number of amides is 2. The van der Waals surface area contributed by atoms with Crippen LogP contribution in [0, 0.1) is 0 Å². The number of hydrogen-bond donors (Lipinski definition) is 1. The molecule has 136 valence electrons. The summed E-state index contributed by atoms with van der Waals surface area (Å²) in [5.41, 5.74) is 0. The van der Waals surface area contributed by atoms with Crippen molar-refractivity contribution in [3.8, 4) is 11.5 Å². The van der Waals surface area contributed by atoms with Crippen molar-refractivity contribution in [2.45, 2.75) is 23.8 Å².